The number of benzene rings is 1. The number of nitrogens with zero attached hydrogens (tertiary/aromatic N) is 2. The number of ether oxygens (including phenoxy) is 3. The number of carbonyl (C=O) groups is 1. The van der Waals surface area contributed by atoms with Crippen LogP contribution in [0, 0.1) is 0 Å². The first-order valence-corrected chi connectivity index (χ1v) is 9.82. The molecule has 0 unspecified atom stereocenters. The standard InChI is InChI=1S/C18H26N4O5S/c1-25-10-4-9-22-17(24)20-21-18(22)28-12-16(23)19-8-7-13-5-6-14(26-2)15(11-13)27-3/h5-6,11H,4,7-10,12H2,1-3H3,(H,19,23)(H,20,24). The Bertz CT molecular complexity index is 821. The first-order valence-electron chi connectivity index (χ1n) is 8.83. The van der Waals surface area contributed by atoms with Crippen molar-refractivity contribution >= 4 is 17.7 Å². The molecule has 0 radical (unpaired) electrons. The molecule has 0 aliphatic rings. The summed E-state index contributed by atoms with van der Waals surface area (Å²) in [6, 6.07) is 5.67. The van der Waals surface area contributed by atoms with Gasteiger partial charge in [0.05, 0.1) is 20.0 Å². The lowest BCUT2D eigenvalue weighted by Gasteiger charge is -2.10. The number of amides is 1. The Balaban J connectivity index is 1.78. The van der Waals surface area contributed by atoms with Gasteiger partial charge in [-0.25, -0.2) is 9.89 Å². The molecular weight excluding hydrogens is 384 g/mol. The second kappa shape index (κ2) is 11.4. The number of H-pyrrole nitrogens is 1. The Hall–Kier alpha value is -2.46. The highest BCUT2D eigenvalue weighted by Crippen LogP contribution is 2.27. The van der Waals surface area contributed by atoms with Crippen LogP contribution in [0.15, 0.2) is 28.2 Å². The van der Waals surface area contributed by atoms with Crippen molar-refractivity contribution in [2.24, 2.45) is 0 Å². The second-order valence-electron chi connectivity index (χ2n) is 5.89. The first kappa shape index (κ1) is 21.8. The summed E-state index contributed by atoms with van der Waals surface area (Å²) in [5, 5.41) is 9.75. The summed E-state index contributed by atoms with van der Waals surface area (Å²) in [5.74, 6) is 1.39. The fraction of sp³-hybridized carbons (Fsp3) is 0.500. The predicted octanol–water partition coefficient (Wildman–Crippen LogP) is 1.08. The number of aromatic nitrogens is 3. The molecule has 1 heterocycles. The van der Waals surface area contributed by atoms with Gasteiger partial charge in [0.2, 0.25) is 5.91 Å². The van der Waals surface area contributed by atoms with Crippen molar-refractivity contribution in [3.8, 4) is 11.5 Å². The number of aromatic amines is 1. The van der Waals surface area contributed by atoms with Gasteiger partial charge in [0.15, 0.2) is 16.7 Å². The predicted molar refractivity (Wildman–Crippen MR) is 106 cm³/mol. The van der Waals surface area contributed by atoms with E-state index in [4.69, 9.17) is 14.2 Å². The quantitative estimate of drug-likeness (QED) is 0.398. The molecule has 0 aliphatic carbocycles. The van der Waals surface area contributed by atoms with E-state index in [1.165, 1.54) is 16.3 Å². The summed E-state index contributed by atoms with van der Waals surface area (Å²) in [7, 11) is 4.79. The summed E-state index contributed by atoms with van der Waals surface area (Å²) in [5.41, 5.74) is 0.748. The average Bonchev–Trinajstić information content (AvgIpc) is 3.06. The highest BCUT2D eigenvalue weighted by atomic mass is 32.2. The molecule has 154 valence electrons. The molecule has 1 aromatic carbocycles. The first-order chi connectivity index (χ1) is 13.6. The normalized spacial score (nSPS) is 10.7. The molecule has 0 spiro atoms. The lowest BCUT2D eigenvalue weighted by molar-refractivity contribution is -0.118. The van der Waals surface area contributed by atoms with Crippen LogP contribution < -0.4 is 20.5 Å². The maximum atomic E-state index is 12.1. The van der Waals surface area contributed by atoms with Crippen LogP contribution in [-0.2, 0) is 22.5 Å². The number of hydrogen-bond acceptors (Lipinski definition) is 7. The van der Waals surface area contributed by atoms with Gasteiger partial charge in [0.25, 0.3) is 0 Å². The molecule has 2 N–H and O–H groups in total. The van der Waals surface area contributed by atoms with E-state index in [9.17, 15) is 9.59 Å². The van der Waals surface area contributed by atoms with Gasteiger partial charge in [-0.3, -0.25) is 9.36 Å². The van der Waals surface area contributed by atoms with Gasteiger partial charge < -0.3 is 19.5 Å². The van der Waals surface area contributed by atoms with Crippen molar-refractivity contribution in [2.75, 3.05) is 40.2 Å². The Morgan fingerprint density at radius 1 is 1.25 bits per heavy atom. The number of rotatable bonds is 12. The summed E-state index contributed by atoms with van der Waals surface area (Å²) >= 11 is 1.22. The van der Waals surface area contributed by atoms with Crippen molar-refractivity contribution < 1.29 is 19.0 Å². The smallest absolute Gasteiger partial charge is 0.343 e. The van der Waals surface area contributed by atoms with Gasteiger partial charge in [-0.15, -0.1) is 5.10 Å². The Morgan fingerprint density at radius 2 is 2.04 bits per heavy atom. The largest absolute Gasteiger partial charge is 0.493 e. The third kappa shape index (κ3) is 6.31. The number of methoxy groups -OCH3 is 3. The van der Waals surface area contributed by atoms with E-state index >= 15 is 0 Å². The van der Waals surface area contributed by atoms with Crippen LogP contribution in [0.25, 0.3) is 0 Å². The van der Waals surface area contributed by atoms with Gasteiger partial charge >= 0.3 is 5.69 Å². The molecule has 28 heavy (non-hydrogen) atoms. The van der Waals surface area contributed by atoms with Crippen molar-refractivity contribution in [3.63, 3.8) is 0 Å². The molecule has 2 rings (SSSR count). The monoisotopic (exact) mass is 410 g/mol. The van der Waals surface area contributed by atoms with Crippen LogP contribution in [0.1, 0.15) is 12.0 Å². The van der Waals surface area contributed by atoms with Crippen LogP contribution in [-0.4, -0.2) is 60.9 Å². The Kier molecular flexibility index (Phi) is 8.89. The maximum Gasteiger partial charge on any atom is 0.343 e. The zero-order chi connectivity index (χ0) is 20.4. The number of thioether (sulfide) groups is 1. The highest BCUT2D eigenvalue weighted by molar-refractivity contribution is 7.99. The van der Waals surface area contributed by atoms with Gasteiger partial charge in [-0.2, -0.15) is 0 Å². The van der Waals surface area contributed by atoms with Crippen LogP contribution in [0.4, 0.5) is 0 Å². The molecule has 2 aromatic rings. The van der Waals surface area contributed by atoms with Crippen molar-refractivity contribution in [1.82, 2.24) is 20.1 Å². The molecule has 9 nitrogen and oxygen atoms in total. The highest BCUT2D eigenvalue weighted by Gasteiger charge is 2.11. The lowest BCUT2D eigenvalue weighted by Crippen LogP contribution is -2.27. The minimum Gasteiger partial charge on any atom is -0.493 e. The van der Waals surface area contributed by atoms with Crippen LogP contribution in [0.5, 0.6) is 11.5 Å². The molecule has 10 heteroatoms. The molecule has 0 bridgehead atoms. The molecule has 1 amide bonds. The van der Waals surface area contributed by atoms with E-state index in [2.05, 4.69) is 15.5 Å². The zero-order valence-corrected chi connectivity index (χ0v) is 17.1. The topological polar surface area (TPSA) is 107 Å². The maximum absolute atomic E-state index is 12.1. The molecule has 0 fully saturated rings. The van der Waals surface area contributed by atoms with E-state index in [0.717, 1.165) is 5.56 Å². The fourth-order valence-corrected chi connectivity index (χ4v) is 3.34. The number of carbonyl (C=O) groups excluding carboxylic acids is 1. The van der Waals surface area contributed by atoms with Gasteiger partial charge in [-0.1, -0.05) is 17.8 Å². The van der Waals surface area contributed by atoms with E-state index in [-0.39, 0.29) is 17.3 Å². The van der Waals surface area contributed by atoms with E-state index in [1.54, 1.807) is 21.3 Å². The summed E-state index contributed by atoms with van der Waals surface area (Å²) in [4.78, 5) is 23.9. The molecule has 0 saturated heterocycles. The number of nitrogens with one attached hydrogen (secondary N) is 2. The lowest BCUT2D eigenvalue weighted by atomic mass is 10.1. The molecule has 1 aromatic heterocycles. The molecule has 0 atom stereocenters. The Morgan fingerprint density at radius 3 is 2.75 bits per heavy atom. The average molecular weight is 410 g/mol. The van der Waals surface area contributed by atoms with Crippen LogP contribution in [0.2, 0.25) is 0 Å². The SMILES string of the molecule is COCCCn1c(SCC(=O)NCCc2ccc(OC)c(OC)c2)n[nH]c1=O. The second-order valence-corrected chi connectivity index (χ2v) is 6.83. The number of hydrogen-bond donors (Lipinski definition) is 2. The van der Waals surface area contributed by atoms with Gasteiger partial charge in [0, 0.05) is 26.8 Å². The van der Waals surface area contributed by atoms with Crippen LogP contribution >= 0.6 is 11.8 Å². The van der Waals surface area contributed by atoms with Crippen molar-refractivity contribution in [3.05, 3.63) is 34.2 Å². The van der Waals surface area contributed by atoms with E-state index in [1.807, 2.05) is 18.2 Å². The minimum atomic E-state index is -0.285. The summed E-state index contributed by atoms with van der Waals surface area (Å²) in [6.45, 7) is 1.54. The van der Waals surface area contributed by atoms with Crippen molar-refractivity contribution in [2.45, 2.75) is 24.5 Å². The third-order valence-corrected chi connectivity index (χ3v) is 4.95. The van der Waals surface area contributed by atoms with E-state index in [0.29, 0.717) is 49.2 Å². The van der Waals surface area contributed by atoms with Crippen LogP contribution in [0.3, 0.4) is 0 Å². The summed E-state index contributed by atoms with van der Waals surface area (Å²) in [6.07, 6.45) is 1.36. The molecule has 0 saturated carbocycles. The van der Waals surface area contributed by atoms with Gasteiger partial charge in [-0.05, 0) is 30.5 Å². The van der Waals surface area contributed by atoms with E-state index < -0.39 is 0 Å². The van der Waals surface area contributed by atoms with Gasteiger partial charge in [0.1, 0.15) is 0 Å². The molecular formula is C18H26N4O5S. The minimum absolute atomic E-state index is 0.121. The molecule has 0 aliphatic heterocycles. The Labute approximate surface area is 167 Å². The third-order valence-electron chi connectivity index (χ3n) is 3.97. The van der Waals surface area contributed by atoms with Crippen molar-refractivity contribution in [1.29, 1.82) is 0 Å². The summed E-state index contributed by atoms with van der Waals surface area (Å²) < 4.78 is 17.0. The zero-order valence-electron chi connectivity index (χ0n) is 16.3. The fourth-order valence-electron chi connectivity index (χ4n) is 2.54.